The van der Waals surface area contributed by atoms with E-state index in [1.165, 1.54) is 19.1 Å². The summed E-state index contributed by atoms with van der Waals surface area (Å²) in [7, 11) is -1.57. The fourth-order valence-electron chi connectivity index (χ4n) is 3.59. The Hall–Kier alpha value is -2.34. The van der Waals surface area contributed by atoms with E-state index >= 15 is 0 Å². The van der Waals surface area contributed by atoms with Gasteiger partial charge in [-0.1, -0.05) is 6.07 Å². The molecule has 0 aliphatic heterocycles. The summed E-state index contributed by atoms with van der Waals surface area (Å²) in [5, 5.41) is 0.747. The lowest BCUT2D eigenvalue weighted by atomic mass is 10.1. The Morgan fingerprint density at radius 2 is 1.92 bits per heavy atom. The Bertz CT molecular complexity index is 1160. The van der Waals surface area contributed by atoms with Crippen LogP contribution in [0.1, 0.15) is 18.4 Å². The van der Waals surface area contributed by atoms with E-state index in [0.29, 0.717) is 16.4 Å². The lowest BCUT2D eigenvalue weighted by Crippen LogP contribution is -2.18. The molecule has 4 rings (SSSR count). The van der Waals surface area contributed by atoms with Gasteiger partial charge < -0.3 is 9.13 Å². The number of aryl methyl sites for hydroxylation is 2. The second kappa shape index (κ2) is 5.84. The van der Waals surface area contributed by atoms with Crippen molar-refractivity contribution in [3.8, 4) is 11.3 Å². The highest BCUT2D eigenvalue weighted by Crippen LogP contribution is 2.37. The van der Waals surface area contributed by atoms with Gasteiger partial charge in [0.1, 0.15) is 0 Å². The van der Waals surface area contributed by atoms with Crippen molar-refractivity contribution in [3.05, 3.63) is 52.4 Å². The number of sulfone groups is 1. The van der Waals surface area contributed by atoms with Gasteiger partial charge in [-0.3, -0.25) is 4.79 Å². The van der Waals surface area contributed by atoms with Crippen molar-refractivity contribution in [2.45, 2.75) is 31.2 Å². The molecule has 0 atom stereocenters. The fraction of sp³-hybridized carbons (Fsp3) is 0.350. The highest BCUT2D eigenvalue weighted by atomic mass is 32.2. The molecule has 136 valence electrons. The molecule has 0 radical (unpaired) electrons. The summed E-state index contributed by atoms with van der Waals surface area (Å²) in [6.45, 7) is 2.68. The molecule has 1 aliphatic carbocycles. The molecule has 0 bridgehead atoms. The van der Waals surface area contributed by atoms with Crippen LogP contribution in [0.5, 0.6) is 0 Å². The number of aromatic nitrogens is 2. The lowest BCUT2D eigenvalue weighted by molar-refractivity contribution is 0.602. The first kappa shape index (κ1) is 17.1. The summed E-state index contributed by atoms with van der Waals surface area (Å²) in [6.07, 6.45) is 5.48. The molecule has 0 spiro atoms. The first-order valence-electron chi connectivity index (χ1n) is 8.75. The smallest absolute Gasteiger partial charge is 0.253 e. The molecular formula is C20H22N2O3S. The van der Waals surface area contributed by atoms with Crippen molar-refractivity contribution < 1.29 is 8.42 Å². The summed E-state index contributed by atoms with van der Waals surface area (Å²) in [6, 6.07) is 9.28. The van der Waals surface area contributed by atoms with Crippen LogP contribution in [0.2, 0.25) is 0 Å². The van der Waals surface area contributed by atoms with Crippen LogP contribution < -0.4 is 5.56 Å². The Morgan fingerprint density at radius 1 is 1.19 bits per heavy atom. The van der Waals surface area contributed by atoms with Gasteiger partial charge in [0.15, 0.2) is 9.84 Å². The summed E-state index contributed by atoms with van der Waals surface area (Å²) in [5.41, 5.74) is 3.48. The maximum atomic E-state index is 12.2. The van der Waals surface area contributed by atoms with E-state index < -0.39 is 9.84 Å². The topological polar surface area (TPSA) is 61.1 Å². The Labute approximate surface area is 152 Å². The van der Waals surface area contributed by atoms with Gasteiger partial charge in [-0.15, -0.1) is 0 Å². The minimum Gasteiger partial charge on any atom is -0.340 e. The van der Waals surface area contributed by atoms with E-state index in [-0.39, 0.29) is 5.56 Å². The zero-order valence-corrected chi connectivity index (χ0v) is 16.0. The number of benzene rings is 1. The Kier molecular flexibility index (Phi) is 3.84. The molecule has 1 fully saturated rings. The SMILES string of the molecule is Cc1cc(-c2cc3c(S(C)(=O)=O)cccc3n2CC2CC2)cn(C)c1=O. The summed E-state index contributed by atoms with van der Waals surface area (Å²) in [5.74, 6) is 0.639. The van der Waals surface area contributed by atoms with Crippen molar-refractivity contribution in [2.24, 2.45) is 13.0 Å². The van der Waals surface area contributed by atoms with Crippen LogP contribution in [0.3, 0.4) is 0 Å². The predicted octanol–water partition coefficient (Wildman–Crippen LogP) is 3.13. The molecule has 1 aliphatic rings. The number of nitrogens with zero attached hydrogens (tertiary/aromatic N) is 2. The average molecular weight is 370 g/mol. The highest BCUT2D eigenvalue weighted by molar-refractivity contribution is 7.91. The normalized spacial score (nSPS) is 14.9. The van der Waals surface area contributed by atoms with Crippen LogP contribution in [0.4, 0.5) is 0 Å². The third-order valence-corrected chi connectivity index (χ3v) is 6.26. The molecule has 26 heavy (non-hydrogen) atoms. The van der Waals surface area contributed by atoms with Crippen LogP contribution in [-0.2, 0) is 23.4 Å². The van der Waals surface area contributed by atoms with Crippen LogP contribution >= 0.6 is 0 Å². The van der Waals surface area contributed by atoms with Gasteiger partial charge in [-0.05, 0) is 49.9 Å². The van der Waals surface area contributed by atoms with Crippen LogP contribution in [-0.4, -0.2) is 23.8 Å². The third-order valence-electron chi connectivity index (χ3n) is 5.10. The van der Waals surface area contributed by atoms with Gasteiger partial charge in [0.2, 0.25) is 0 Å². The van der Waals surface area contributed by atoms with E-state index in [9.17, 15) is 13.2 Å². The molecule has 0 saturated heterocycles. The number of hydrogen-bond acceptors (Lipinski definition) is 3. The maximum absolute atomic E-state index is 12.2. The molecular weight excluding hydrogens is 348 g/mol. The fourth-order valence-corrected chi connectivity index (χ4v) is 4.48. The number of rotatable bonds is 4. The average Bonchev–Trinajstić information content (AvgIpc) is 3.31. The third kappa shape index (κ3) is 2.88. The van der Waals surface area contributed by atoms with Gasteiger partial charge >= 0.3 is 0 Å². The molecule has 6 heteroatoms. The maximum Gasteiger partial charge on any atom is 0.253 e. The van der Waals surface area contributed by atoms with E-state index in [4.69, 9.17) is 0 Å². The molecule has 2 aromatic heterocycles. The zero-order valence-electron chi connectivity index (χ0n) is 15.2. The second-order valence-corrected chi connectivity index (χ2v) is 9.36. The molecule has 0 unspecified atom stereocenters. The second-order valence-electron chi connectivity index (χ2n) is 7.37. The van der Waals surface area contributed by atoms with Crippen LogP contribution in [0, 0.1) is 12.8 Å². The summed E-state index contributed by atoms with van der Waals surface area (Å²) < 4.78 is 28.3. The number of pyridine rings is 1. The monoisotopic (exact) mass is 370 g/mol. The van der Waals surface area contributed by atoms with Crippen LogP contribution in [0.15, 0.2) is 46.2 Å². The first-order chi connectivity index (χ1) is 12.3. The molecule has 2 heterocycles. The van der Waals surface area contributed by atoms with Gasteiger partial charge in [0.05, 0.1) is 10.6 Å². The van der Waals surface area contributed by atoms with Gasteiger partial charge in [-0.2, -0.15) is 0 Å². The minimum absolute atomic E-state index is 0.0181. The first-order valence-corrected chi connectivity index (χ1v) is 10.6. The van der Waals surface area contributed by atoms with E-state index in [1.54, 1.807) is 23.7 Å². The molecule has 3 aromatic rings. The Balaban J connectivity index is 2.03. The van der Waals surface area contributed by atoms with Crippen molar-refractivity contribution in [1.82, 2.24) is 9.13 Å². The summed E-state index contributed by atoms with van der Waals surface area (Å²) in [4.78, 5) is 12.4. The molecule has 0 amide bonds. The molecule has 0 N–H and O–H groups in total. The molecule has 5 nitrogen and oxygen atoms in total. The standard InChI is InChI=1S/C20H22N2O3S/c1-13-9-15(12-21(2)20(13)23)18-10-16-17(22(18)11-14-7-8-14)5-4-6-19(16)26(3,24)25/h4-6,9-10,12,14H,7-8,11H2,1-3H3. The van der Waals surface area contributed by atoms with Gasteiger partial charge in [-0.25, -0.2) is 8.42 Å². The zero-order chi connectivity index (χ0) is 18.6. The van der Waals surface area contributed by atoms with Gasteiger partial charge in [0.25, 0.3) is 5.56 Å². The molecule has 1 saturated carbocycles. The molecule has 1 aromatic carbocycles. The number of fused-ring (bicyclic) bond motifs is 1. The number of hydrogen-bond donors (Lipinski definition) is 0. The summed E-state index contributed by atoms with van der Waals surface area (Å²) >= 11 is 0. The minimum atomic E-state index is -3.32. The highest BCUT2D eigenvalue weighted by Gasteiger charge is 2.25. The Morgan fingerprint density at radius 3 is 2.54 bits per heavy atom. The van der Waals surface area contributed by atoms with Crippen LogP contribution in [0.25, 0.3) is 22.2 Å². The van der Waals surface area contributed by atoms with Gasteiger partial charge in [0, 0.05) is 48.1 Å². The van der Waals surface area contributed by atoms with Crippen molar-refractivity contribution >= 4 is 20.7 Å². The van der Waals surface area contributed by atoms with E-state index in [1.807, 2.05) is 31.3 Å². The quantitative estimate of drug-likeness (QED) is 0.709. The van der Waals surface area contributed by atoms with Crippen molar-refractivity contribution in [2.75, 3.05) is 6.26 Å². The predicted molar refractivity (Wildman–Crippen MR) is 103 cm³/mol. The lowest BCUT2D eigenvalue weighted by Gasteiger charge is -2.12. The van der Waals surface area contributed by atoms with Crippen molar-refractivity contribution in [3.63, 3.8) is 0 Å². The van der Waals surface area contributed by atoms with E-state index in [2.05, 4.69) is 4.57 Å². The van der Waals surface area contributed by atoms with Crippen molar-refractivity contribution in [1.29, 1.82) is 0 Å². The largest absolute Gasteiger partial charge is 0.340 e. The van der Waals surface area contributed by atoms with E-state index in [0.717, 1.165) is 28.7 Å².